The van der Waals surface area contributed by atoms with Gasteiger partial charge in [-0.2, -0.15) is 0 Å². The zero-order chi connectivity index (χ0) is 13.8. The molecular weight excluding hydrogens is 258 g/mol. The molecule has 104 valence electrons. The van der Waals surface area contributed by atoms with Gasteiger partial charge in [0.2, 0.25) is 0 Å². The standard InChI is InChI=1S/C14H21N3OS/c1-9(2)12-13(19-17-16-12)14(18)15-10(3)11-7-5-4-6-8-11/h7,9-10H,4-6,8H2,1-3H3,(H,15,18)/t10-/m1/s1. The van der Waals surface area contributed by atoms with Gasteiger partial charge in [-0.1, -0.05) is 30.0 Å². The molecule has 19 heavy (non-hydrogen) atoms. The number of carbonyl (C=O) groups excluding carboxylic acids is 1. The zero-order valence-electron chi connectivity index (χ0n) is 11.8. The topological polar surface area (TPSA) is 54.9 Å². The lowest BCUT2D eigenvalue weighted by molar-refractivity contribution is 0.0947. The Morgan fingerprint density at radius 2 is 2.16 bits per heavy atom. The molecule has 5 heteroatoms. The predicted molar refractivity (Wildman–Crippen MR) is 77.5 cm³/mol. The minimum atomic E-state index is -0.0438. The van der Waals surface area contributed by atoms with E-state index in [0.717, 1.165) is 18.5 Å². The Bertz CT molecular complexity index is 479. The van der Waals surface area contributed by atoms with Crippen LogP contribution in [-0.2, 0) is 0 Å². The zero-order valence-corrected chi connectivity index (χ0v) is 12.6. The smallest absolute Gasteiger partial charge is 0.265 e. The molecule has 1 aliphatic rings. The number of hydrogen-bond acceptors (Lipinski definition) is 4. The highest BCUT2D eigenvalue weighted by atomic mass is 32.1. The van der Waals surface area contributed by atoms with E-state index >= 15 is 0 Å². The van der Waals surface area contributed by atoms with Crippen molar-refractivity contribution in [3.8, 4) is 0 Å². The summed E-state index contributed by atoms with van der Waals surface area (Å²) in [4.78, 5) is 12.9. The van der Waals surface area contributed by atoms with Crippen LogP contribution in [0.3, 0.4) is 0 Å². The van der Waals surface area contributed by atoms with Gasteiger partial charge >= 0.3 is 0 Å². The quantitative estimate of drug-likeness (QED) is 0.861. The van der Waals surface area contributed by atoms with Crippen molar-refractivity contribution in [2.75, 3.05) is 0 Å². The molecule has 1 amide bonds. The van der Waals surface area contributed by atoms with Gasteiger partial charge in [-0.05, 0) is 50.1 Å². The molecular formula is C14H21N3OS. The fraction of sp³-hybridized carbons (Fsp3) is 0.643. The van der Waals surface area contributed by atoms with Crippen molar-refractivity contribution >= 4 is 17.4 Å². The van der Waals surface area contributed by atoms with Gasteiger partial charge in [0.1, 0.15) is 4.88 Å². The first-order chi connectivity index (χ1) is 9.09. The van der Waals surface area contributed by atoms with Crippen LogP contribution in [0.15, 0.2) is 11.6 Å². The third-order valence-corrected chi connectivity index (χ3v) is 4.24. The average Bonchev–Trinajstić information content (AvgIpc) is 2.89. The lowest BCUT2D eigenvalue weighted by Gasteiger charge is -2.20. The highest BCUT2D eigenvalue weighted by Crippen LogP contribution is 2.22. The summed E-state index contributed by atoms with van der Waals surface area (Å²) in [6, 6.07) is 0.106. The Balaban J connectivity index is 2.04. The number of amides is 1. The van der Waals surface area contributed by atoms with Crippen molar-refractivity contribution in [1.29, 1.82) is 0 Å². The van der Waals surface area contributed by atoms with Crippen LogP contribution in [0.4, 0.5) is 0 Å². The van der Waals surface area contributed by atoms with Crippen molar-refractivity contribution in [2.45, 2.75) is 58.4 Å². The molecule has 1 aromatic rings. The summed E-state index contributed by atoms with van der Waals surface area (Å²) in [5, 5.41) is 7.12. The van der Waals surface area contributed by atoms with E-state index in [1.807, 2.05) is 13.8 Å². The summed E-state index contributed by atoms with van der Waals surface area (Å²) >= 11 is 1.18. The first-order valence-electron chi connectivity index (χ1n) is 6.91. The van der Waals surface area contributed by atoms with Gasteiger partial charge in [-0.25, -0.2) is 0 Å². The van der Waals surface area contributed by atoms with Crippen LogP contribution in [-0.4, -0.2) is 21.5 Å². The number of aromatic nitrogens is 2. The summed E-state index contributed by atoms with van der Waals surface area (Å²) in [7, 11) is 0. The lowest BCUT2D eigenvalue weighted by Crippen LogP contribution is -2.34. The molecule has 1 heterocycles. The van der Waals surface area contributed by atoms with E-state index < -0.39 is 0 Å². The molecule has 0 fully saturated rings. The maximum atomic E-state index is 12.3. The number of nitrogens with zero attached hydrogens (tertiary/aromatic N) is 2. The maximum absolute atomic E-state index is 12.3. The monoisotopic (exact) mass is 279 g/mol. The van der Waals surface area contributed by atoms with Gasteiger partial charge in [0.25, 0.3) is 5.91 Å². The van der Waals surface area contributed by atoms with E-state index in [2.05, 4.69) is 27.9 Å². The maximum Gasteiger partial charge on any atom is 0.265 e. The van der Waals surface area contributed by atoms with Crippen LogP contribution in [0.5, 0.6) is 0 Å². The summed E-state index contributed by atoms with van der Waals surface area (Å²) in [6.45, 7) is 6.11. The highest BCUT2D eigenvalue weighted by molar-refractivity contribution is 7.08. The van der Waals surface area contributed by atoms with Gasteiger partial charge in [-0.15, -0.1) is 5.10 Å². The van der Waals surface area contributed by atoms with Crippen LogP contribution < -0.4 is 5.32 Å². The molecule has 0 unspecified atom stereocenters. The molecule has 0 saturated heterocycles. The minimum Gasteiger partial charge on any atom is -0.345 e. The molecule has 0 saturated carbocycles. The summed E-state index contributed by atoms with van der Waals surface area (Å²) in [6.07, 6.45) is 6.99. The molecule has 1 aliphatic carbocycles. The van der Waals surface area contributed by atoms with Crippen LogP contribution in [0, 0.1) is 0 Å². The highest BCUT2D eigenvalue weighted by Gasteiger charge is 2.21. The van der Waals surface area contributed by atoms with E-state index in [9.17, 15) is 4.79 Å². The minimum absolute atomic E-state index is 0.0438. The van der Waals surface area contributed by atoms with Crippen LogP contribution in [0.1, 0.15) is 67.7 Å². The Hall–Kier alpha value is -1.23. The molecule has 0 aromatic carbocycles. The Labute approximate surface area is 118 Å². The van der Waals surface area contributed by atoms with E-state index in [-0.39, 0.29) is 17.9 Å². The summed E-state index contributed by atoms with van der Waals surface area (Å²) < 4.78 is 3.90. The van der Waals surface area contributed by atoms with E-state index in [4.69, 9.17) is 0 Å². The lowest BCUT2D eigenvalue weighted by atomic mass is 9.94. The third-order valence-electron chi connectivity index (χ3n) is 3.50. The fourth-order valence-electron chi connectivity index (χ4n) is 2.34. The molecule has 0 bridgehead atoms. The van der Waals surface area contributed by atoms with E-state index in [0.29, 0.717) is 4.88 Å². The first kappa shape index (κ1) is 14.2. The van der Waals surface area contributed by atoms with Gasteiger partial charge in [0.05, 0.1) is 5.69 Å². The van der Waals surface area contributed by atoms with Crippen molar-refractivity contribution in [1.82, 2.24) is 14.9 Å². The van der Waals surface area contributed by atoms with Crippen LogP contribution in [0.2, 0.25) is 0 Å². The molecule has 4 nitrogen and oxygen atoms in total. The molecule has 1 atom stereocenters. The number of rotatable bonds is 4. The Morgan fingerprint density at radius 3 is 2.79 bits per heavy atom. The third kappa shape index (κ3) is 3.41. The van der Waals surface area contributed by atoms with Crippen molar-refractivity contribution in [3.63, 3.8) is 0 Å². The first-order valence-corrected chi connectivity index (χ1v) is 7.69. The fourth-order valence-corrected chi connectivity index (χ4v) is 3.07. The van der Waals surface area contributed by atoms with Crippen molar-refractivity contribution < 1.29 is 4.79 Å². The molecule has 2 rings (SSSR count). The van der Waals surface area contributed by atoms with Crippen LogP contribution >= 0.6 is 11.5 Å². The van der Waals surface area contributed by atoms with Gasteiger partial charge in [0.15, 0.2) is 0 Å². The second-order valence-electron chi connectivity index (χ2n) is 5.36. The van der Waals surface area contributed by atoms with Crippen LogP contribution in [0.25, 0.3) is 0 Å². The Kier molecular flexibility index (Phi) is 4.69. The molecule has 0 aliphatic heterocycles. The molecule has 1 aromatic heterocycles. The summed E-state index contributed by atoms with van der Waals surface area (Å²) in [5.41, 5.74) is 2.15. The van der Waals surface area contributed by atoms with E-state index in [1.165, 1.54) is 29.9 Å². The van der Waals surface area contributed by atoms with Crippen molar-refractivity contribution in [2.24, 2.45) is 0 Å². The van der Waals surface area contributed by atoms with E-state index in [1.54, 1.807) is 0 Å². The second-order valence-corrected chi connectivity index (χ2v) is 6.12. The average molecular weight is 279 g/mol. The number of carbonyl (C=O) groups is 1. The Morgan fingerprint density at radius 1 is 1.37 bits per heavy atom. The molecule has 1 N–H and O–H groups in total. The SMILES string of the molecule is CC(C)c1nnsc1C(=O)N[C@H](C)C1=CCCCC1. The van der Waals surface area contributed by atoms with Gasteiger partial charge < -0.3 is 5.32 Å². The summed E-state index contributed by atoms with van der Waals surface area (Å²) in [5.74, 6) is 0.182. The molecule has 0 radical (unpaired) electrons. The second kappa shape index (κ2) is 6.28. The van der Waals surface area contributed by atoms with Gasteiger partial charge in [-0.3, -0.25) is 4.79 Å². The van der Waals surface area contributed by atoms with Crippen molar-refractivity contribution in [3.05, 3.63) is 22.2 Å². The number of allylic oxidation sites excluding steroid dienone is 1. The number of nitrogens with one attached hydrogen (secondary N) is 1. The number of hydrogen-bond donors (Lipinski definition) is 1. The normalized spacial score (nSPS) is 17.2. The largest absolute Gasteiger partial charge is 0.345 e. The van der Waals surface area contributed by atoms with Gasteiger partial charge in [0, 0.05) is 6.04 Å². The molecule has 0 spiro atoms. The predicted octanol–water partition coefficient (Wildman–Crippen LogP) is 3.28.